The maximum atomic E-state index is 11.9. The van der Waals surface area contributed by atoms with Gasteiger partial charge in [0.25, 0.3) is 0 Å². The van der Waals surface area contributed by atoms with Crippen molar-refractivity contribution in [2.24, 2.45) is 0 Å². The van der Waals surface area contributed by atoms with Crippen molar-refractivity contribution in [1.29, 1.82) is 0 Å². The number of fused-ring (bicyclic) bond motifs is 2. The number of hydrogen-bond acceptors (Lipinski definition) is 4. The van der Waals surface area contributed by atoms with Crippen molar-refractivity contribution in [2.75, 3.05) is 13.7 Å². The molecule has 1 aromatic rings. The van der Waals surface area contributed by atoms with Gasteiger partial charge >= 0.3 is 5.97 Å². The Bertz CT molecular complexity index is 491. The van der Waals surface area contributed by atoms with Crippen molar-refractivity contribution < 1.29 is 14.3 Å². The van der Waals surface area contributed by atoms with E-state index in [4.69, 9.17) is 21.1 Å². The molecule has 2 aliphatic heterocycles. The van der Waals surface area contributed by atoms with E-state index in [1.807, 2.05) is 0 Å². The fourth-order valence-electron chi connectivity index (χ4n) is 3.35. The molecule has 0 spiro atoms. The molecular formula is C16H20ClNO3. The van der Waals surface area contributed by atoms with Crippen molar-refractivity contribution in [2.45, 2.75) is 43.9 Å². The SMILES string of the molecule is CN1[C@@H]2CC[C@H]1CC(OC(=O)COc1ccc(Cl)cc1)C2. The molecule has 2 saturated heterocycles. The van der Waals surface area contributed by atoms with Crippen LogP contribution < -0.4 is 4.74 Å². The third kappa shape index (κ3) is 3.50. The number of piperidine rings is 1. The minimum absolute atomic E-state index is 0.0417. The molecule has 1 unspecified atom stereocenters. The maximum Gasteiger partial charge on any atom is 0.344 e. The number of halogens is 1. The van der Waals surface area contributed by atoms with Gasteiger partial charge in [0.05, 0.1) is 0 Å². The Hall–Kier alpha value is -1.26. The Morgan fingerprint density at radius 2 is 1.86 bits per heavy atom. The highest BCUT2D eigenvalue weighted by Gasteiger charge is 2.39. The van der Waals surface area contributed by atoms with Crippen LogP contribution in [0.1, 0.15) is 25.7 Å². The summed E-state index contributed by atoms with van der Waals surface area (Å²) in [5.41, 5.74) is 0. The summed E-state index contributed by atoms with van der Waals surface area (Å²) in [7, 11) is 2.17. The molecule has 2 bridgehead atoms. The number of carbonyl (C=O) groups excluding carboxylic acids is 1. The molecule has 3 atom stereocenters. The van der Waals surface area contributed by atoms with Crippen molar-refractivity contribution in [3.8, 4) is 5.75 Å². The number of nitrogens with zero attached hydrogens (tertiary/aromatic N) is 1. The lowest BCUT2D eigenvalue weighted by Crippen LogP contribution is -2.43. The van der Waals surface area contributed by atoms with Crippen LogP contribution in [0.25, 0.3) is 0 Å². The maximum absolute atomic E-state index is 11.9. The summed E-state index contributed by atoms with van der Waals surface area (Å²) >= 11 is 5.80. The van der Waals surface area contributed by atoms with E-state index in [1.165, 1.54) is 12.8 Å². The van der Waals surface area contributed by atoms with Crippen molar-refractivity contribution >= 4 is 17.6 Å². The minimum atomic E-state index is -0.293. The van der Waals surface area contributed by atoms with Gasteiger partial charge in [0.1, 0.15) is 11.9 Å². The van der Waals surface area contributed by atoms with Gasteiger partial charge in [-0.25, -0.2) is 4.79 Å². The van der Waals surface area contributed by atoms with Gasteiger partial charge in [0, 0.05) is 17.1 Å². The number of rotatable bonds is 4. The third-order valence-corrected chi connectivity index (χ3v) is 4.78. The Labute approximate surface area is 130 Å². The number of carbonyl (C=O) groups is 1. The molecule has 2 aliphatic rings. The van der Waals surface area contributed by atoms with Gasteiger partial charge in [-0.2, -0.15) is 0 Å². The van der Waals surface area contributed by atoms with Crippen LogP contribution in [0.3, 0.4) is 0 Å². The molecule has 2 fully saturated rings. The zero-order valence-electron chi connectivity index (χ0n) is 12.1. The normalized spacial score (nSPS) is 28.4. The predicted molar refractivity (Wildman–Crippen MR) is 80.6 cm³/mol. The summed E-state index contributed by atoms with van der Waals surface area (Å²) in [5, 5.41) is 0.645. The zero-order chi connectivity index (χ0) is 14.8. The predicted octanol–water partition coefficient (Wildman–Crippen LogP) is 2.89. The fourth-order valence-corrected chi connectivity index (χ4v) is 3.48. The third-order valence-electron chi connectivity index (χ3n) is 4.52. The van der Waals surface area contributed by atoms with Crippen LogP contribution in [-0.4, -0.2) is 42.7 Å². The van der Waals surface area contributed by atoms with E-state index in [9.17, 15) is 4.79 Å². The molecular weight excluding hydrogens is 290 g/mol. The summed E-state index contributed by atoms with van der Waals surface area (Å²) < 4.78 is 11.0. The first-order chi connectivity index (χ1) is 10.1. The van der Waals surface area contributed by atoms with Crippen molar-refractivity contribution in [1.82, 2.24) is 4.90 Å². The van der Waals surface area contributed by atoms with E-state index in [-0.39, 0.29) is 18.7 Å². The smallest absolute Gasteiger partial charge is 0.344 e. The Kier molecular flexibility index (Phi) is 4.36. The first-order valence-electron chi connectivity index (χ1n) is 7.41. The van der Waals surface area contributed by atoms with Gasteiger partial charge in [-0.1, -0.05) is 11.6 Å². The Balaban J connectivity index is 1.45. The monoisotopic (exact) mass is 309 g/mol. The largest absolute Gasteiger partial charge is 0.482 e. The van der Waals surface area contributed by atoms with Crippen LogP contribution in [0.2, 0.25) is 5.02 Å². The van der Waals surface area contributed by atoms with Crippen molar-refractivity contribution in [3.05, 3.63) is 29.3 Å². The molecule has 3 rings (SSSR count). The summed E-state index contributed by atoms with van der Waals surface area (Å²) in [6, 6.07) is 8.09. The van der Waals surface area contributed by atoms with Crippen LogP contribution >= 0.6 is 11.6 Å². The van der Waals surface area contributed by atoms with Crippen LogP contribution in [0.4, 0.5) is 0 Å². The summed E-state index contributed by atoms with van der Waals surface area (Å²) in [6.45, 7) is -0.0523. The summed E-state index contributed by atoms with van der Waals surface area (Å²) in [5.74, 6) is 0.332. The molecule has 4 nitrogen and oxygen atoms in total. The molecule has 0 aliphatic carbocycles. The molecule has 2 heterocycles. The van der Waals surface area contributed by atoms with Crippen LogP contribution in [0.15, 0.2) is 24.3 Å². The lowest BCUT2D eigenvalue weighted by atomic mass is 10.0. The number of benzene rings is 1. The first kappa shape index (κ1) is 14.7. The quantitative estimate of drug-likeness (QED) is 0.802. The highest BCUT2D eigenvalue weighted by atomic mass is 35.5. The fraction of sp³-hybridized carbons (Fsp3) is 0.562. The average Bonchev–Trinajstić information content (AvgIpc) is 2.69. The average molecular weight is 310 g/mol. The lowest BCUT2D eigenvalue weighted by molar-refractivity contribution is -0.154. The second-order valence-electron chi connectivity index (χ2n) is 5.88. The molecule has 114 valence electrons. The van der Waals surface area contributed by atoms with Gasteiger partial charge < -0.3 is 14.4 Å². The number of hydrogen-bond donors (Lipinski definition) is 0. The second-order valence-corrected chi connectivity index (χ2v) is 6.31. The Morgan fingerprint density at radius 3 is 2.48 bits per heavy atom. The van der Waals surface area contributed by atoms with E-state index in [0.29, 0.717) is 22.9 Å². The molecule has 0 radical (unpaired) electrons. The number of ether oxygens (including phenoxy) is 2. The van der Waals surface area contributed by atoms with Gasteiger partial charge in [0.2, 0.25) is 0 Å². The van der Waals surface area contributed by atoms with Crippen LogP contribution in [-0.2, 0) is 9.53 Å². The van der Waals surface area contributed by atoms with E-state index in [2.05, 4.69) is 11.9 Å². The summed E-state index contributed by atoms with van der Waals surface area (Å²) in [6.07, 6.45) is 4.37. The van der Waals surface area contributed by atoms with Crippen LogP contribution in [0.5, 0.6) is 5.75 Å². The van der Waals surface area contributed by atoms with E-state index in [0.717, 1.165) is 12.8 Å². The molecule has 0 N–H and O–H groups in total. The standard InChI is InChI=1S/C16H20ClNO3/c1-18-12-4-5-13(18)9-15(8-12)21-16(19)10-20-14-6-2-11(17)3-7-14/h2-3,6-7,12-13,15H,4-5,8-10H2,1H3/t12-,13+,15?. The van der Waals surface area contributed by atoms with E-state index in [1.54, 1.807) is 24.3 Å². The second kappa shape index (κ2) is 6.24. The number of esters is 1. The summed E-state index contributed by atoms with van der Waals surface area (Å²) in [4.78, 5) is 14.3. The molecule has 0 amide bonds. The molecule has 5 heteroatoms. The highest BCUT2D eigenvalue weighted by molar-refractivity contribution is 6.30. The van der Waals surface area contributed by atoms with E-state index < -0.39 is 0 Å². The molecule has 0 saturated carbocycles. The van der Waals surface area contributed by atoms with Gasteiger partial charge in [-0.05, 0) is 57.0 Å². The zero-order valence-corrected chi connectivity index (χ0v) is 12.9. The molecule has 0 aromatic heterocycles. The van der Waals surface area contributed by atoms with E-state index >= 15 is 0 Å². The lowest BCUT2D eigenvalue weighted by Gasteiger charge is -2.35. The topological polar surface area (TPSA) is 38.8 Å². The Morgan fingerprint density at radius 1 is 1.24 bits per heavy atom. The highest BCUT2D eigenvalue weighted by Crippen LogP contribution is 2.35. The minimum Gasteiger partial charge on any atom is -0.482 e. The molecule has 21 heavy (non-hydrogen) atoms. The van der Waals surface area contributed by atoms with Crippen molar-refractivity contribution in [3.63, 3.8) is 0 Å². The molecule has 1 aromatic carbocycles. The van der Waals surface area contributed by atoms with Gasteiger partial charge in [-0.15, -0.1) is 0 Å². The van der Waals surface area contributed by atoms with Crippen LogP contribution in [0, 0.1) is 0 Å². The first-order valence-corrected chi connectivity index (χ1v) is 7.79. The van der Waals surface area contributed by atoms with Gasteiger partial charge in [0.15, 0.2) is 6.61 Å². The van der Waals surface area contributed by atoms with Gasteiger partial charge in [-0.3, -0.25) is 0 Å².